The number of halogens is 1. The van der Waals surface area contributed by atoms with E-state index in [-0.39, 0.29) is 22.2 Å². The van der Waals surface area contributed by atoms with Gasteiger partial charge in [-0.1, -0.05) is 43.6 Å². The van der Waals surface area contributed by atoms with Crippen LogP contribution < -0.4 is 4.90 Å². The minimum Gasteiger partial charge on any atom is -0.300 e. The molecule has 1 aromatic carbocycles. The van der Waals surface area contributed by atoms with Crippen molar-refractivity contribution in [1.29, 1.82) is 0 Å². The van der Waals surface area contributed by atoms with Gasteiger partial charge in [-0.25, -0.2) is 9.97 Å². The Labute approximate surface area is 186 Å². The van der Waals surface area contributed by atoms with Gasteiger partial charge in [0.2, 0.25) is 0 Å². The molecule has 3 heterocycles. The number of anilines is 1. The first-order valence-electron chi connectivity index (χ1n) is 12.9. The third-order valence-electron chi connectivity index (χ3n) is 4.60. The average Bonchev–Trinajstić information content (AvgIpc) is 3.09. The molecule has 148 valence electrons. The molecule has 0 bridgehead atoms. The fourth-order valence-corrected chi connectivity index (χ4v) is 3.49. The van der Waals surface area contributed by atoms with Crippen molar-refractivity contribution in [2.24, 2.45) is 5.89 Å². The zero-order chi connectivity index (χ0) is 27.6. The summed E-state index contributed by atoms with van der Waals surface area (Å²) in [6, 6.07) is 11.9. The summed E-state index contributed by atoms with van der Waals surface area (Å²) in [5, 5.41) is 0.830. The van der Waals surface area contributed by atoms with Crippen molar-refractivity contribution in [3.05, 3.63) is 64.8 Å². The molecule has 6 heteroatoms. The molecule has 0 aliphatic carbocycles. The normalized spacial score (nSPS) is 23.4. The first kappa shape index (κ1) is 12.0. The maximum atomic E-state index is 13.4. The van der Waals surface area contributed by atoms with E-state index >= 15 is 0 Å². The summed E-state index contributed by atoms with van der Waals surface area (Å²) in [5.41, 5.74) is 0.911. The topological polar surface area (TPSA) is 63.2 Å². The van der Waals surface area contributed by atoms with E-state index in [1.807, 2.05) is 0 Å². The third kappa shape index (κ3) is 3.87. The number of aromatic nitrogens is 2. The van der Waals surface area contributed by atoms with Gasteiger partial charge in [-0.3, -0.25) is 14.5 Å². The lowest BCUT2D eigenvalue weighted by atomic mass is 9.97. The Balaban J connectivity index is 1.77. The number of benzene rings is 1. The molecule has 5 nitrogen and oxygen atoms in total. The number of hydrogen-bond acceptors (Lipinski definition) is 4. The van der Waals surface area contributed by atoms with Crippen molar-refractivity contribution in [2.75, 3.05) is 4.90 Å². The second-order valence-electron chi connectivity index (χ2n) is 6.63. The summed E-state index contributed by atoms with van der Waals surface area (Å²) >= 11 is 5.98. The highest BCUT2D eigenvalue weighted by Gasteiger charge is 2.39. The summed E-state index contributed by atoms with van der Waals surface area (Å²) in [6.07, 6.45) is -7.44. The van der Waals surface area contributed by atoms with E-state index in [1.165, 1.54) is 4.90 Å². The van der Waals surface area contributed by atoms with Crippen molar-refractivity contribution >= 4 is 40.1 Å². The first-order chi connectivity index (χ1) is 17.0. The molecule has 1 unspecified atom stereocenters. The molecule has 1 aliphatic heterocycles. The van der Waals surface area contributed by atoms with Crippen molar-refractivity contribution in [3.8, 4) is 0 Å². The number of pyridine rings is 2. The van der Waals surface area contributed by atoms with Gasteiger partial charge in [0.1, 0.15) is 16.8 Å². The van der Waals surface area contributed by atoms with Crippen molar-refractivity contribution in [2.45, 2.75) is 39.0 Å². The highest BCUT2D eigenvalue weighted by molar-refractivity contribution is 6.29. The van der Waals surface area contributed by atoms with Crippen LogP contribution in [-0.4, -0.2) is 21.7 Å². The van der Waals surface area contributed by atoms with Crippen LogP contribution in [0, 0.1) is 5.89 Å². The second kappa shape index (κ2) is 7.91. The van der Waals surface area contributed by atoms with E-state index in [0.717, 1.165) is 6.92 Å². The monoisotopic (exact) mass is 415 g/mol. The minimum atomic E-state index is -3.39. The van der Waals surface area contributed by atoms with Gasteiger partial charge in [0.05, 0.1) is 6.04 Å². The molecule has 4 rings (SSSR count). The Hall–Kier alpha value is -2.79. The van der Waals surface area contributed by atoms with E-state index in [1.54, 1.807) is 48.5 Å². The van der Waals surface area contributed by atoms with E-state index in [9.17, 15) is 9.59 Å². The van der Waals surface area contributed by atoms with Crippen LogP contribution in [0.4, 0.5) is 5.82 Å². The molecular weight excluding hydrogens is 386 g/mol. The Morgan fingerprint density at radius 2 is 2.07 bits per heavy atom. The van der Waals surface area contributed by atoms with Crippen molar-refractivity contribution in [1.82, 2.24) is 9.97 Å². The summed E-state index contributed by atoms with van der Waals surface area (Å²) in [5.74, 6) is -4.61. The van der Waals surface area contributed by atoms with E-state index in [2.05, 4.69) is 9.97 Å². The van der Waals surface area contributed by atoms with Gasteiger partial charge in [0.25, 0.3) is 5.91 Å². The Morgan fingerprint density at radius 1 is 1.28 bits per heavy atom. The molecular formula is C23H22ClN3O2. The van der Waals surface area contributed by atoms with E-state index < -0.39 is 49.6 Å². The summed E-state index contributed by atoms with van der Waals surface area (Å²) in [7, 11) is 0. The van der Waals surface area contributed by atoms with Gasteiger partial charge in [0, 0.05) is 34.7 Å². The Kier molecular flexibility index (Phi) is 3.28. The number of amides is 1. The summed E-state index contributed by atoms with van der Waals surface area (Å²) < 4.78 is 63.7. The molecule has 3 aromatic rings. The maximum Gasteiger partial charge on any atom is 0.260 e. The summed E-state index contributed by atoms with van der Waals surface area (Å²) in [4.78, 5) is 36.5. The van der Waals surface area contributed by atoms with Crippen molar-refractivity contribution in [3.63, 3.8) is 0 Å². The molecule has 0 spiro atoms. The number of carbonyl (C=O) groups excluding carboxylic acids is 2. The third-order valence-corrected chi connectivity index (χ3v) is 4.81. The number of carbonyl (C=O) groups is 2. The molecule has 0 N–H and O–H groups in total. The van der Waals surface area contributed by atoms with Crippen LogP contribution in [0.5, 0.6) is 0 Å². The van der Waals surface area contributed by atoms with Gasteiger partial charge in [-0.15, -0.1) is 0 Å². The number of nitrogens with zero attached hydrogens (tertiary/aromatic N) is 3. The zero-order valence-corrected chi connectivity index (χ0v) is 16.2. The second-order valence-corrected chi connectivity index (χ2v) is 7.02. The zero-order valence-electron chi connectivity index (χ0n) is 23.4. The van der Waals surface area contributed by atoms with Gasteiger partial charge in [-0.05, 0) is 48.2 Å². The molecule has 0 fully saturated rings. The standard InChI is InChI=1S/C23H22ClN3O2/c1-14(2)7-10-16(28)13-19-17-5-3-4-6-18(17)23(29)27(19)21-12-9-15-8-11-20(24)25-22(15)26-21/h3-6,8-9,11-12,14,19H,7,10,13H2,1-2H3/t19-/m0/s1/i1D3,7D2,10D2,14D/t14?,19-. The predicted octanol–water partition coefficient (Wildman–Crippen LogP) is 5.38. The van der Waals surface area contributed by atoms with Gasteiger partial charge in [0.15, 0.2) is 5.65 Å². The van der Waals surface area contributed by atoms with E-state index in [0.29, 0.717) is 10.9 Å². The lowest BCUT2D eigenvalue weighted by Gasteiger charge is -2.24. The summed E-state index contributed by atoms with van der Waals surface area (Å²) in [6.45, 7) is -2.47. The quantitative estimate of drug-likeness (QED) is 0.507. The number of Topliss-reactive ketones (excluding diaryl/α,β-unsaturated/α-hetero) is 1. The molecule has 2 aromatic heterocycles. The van der Waals surface area contributed by atoms with Crippen LogP contribution in [0.15, 0.2) is 48.5 Å². The largest absolute Gasteiger partial charge is 0.300 e. The maximum absolute atomic E-state index is 13.4. The molecule has 2 atom stereocenters. The molecule has 1 amide bonds. The van der Waals surface area contributed by atoms with Crippen LogP contribution in [0.25, 0.3) is 11.0 Å². The Morgan fingerprint density at radius 3 is 2.90 bits per heavy atom. The van der Waals surface area contributed by atoms with E-state index in [4.69, 9.17) is 22.6 Å². The van der Waals surface area contributed by atoms with Crippen LogP contribution in [0.1, 0.15) is 65.9 Å². The van der Waals surface area contributed by atoms with Gasteiger partial charge in [-0.2, -0.15) is 0 Å². The lowest BCUT2D eigenvalue weighted by Crippen LogP contribution is -2.30. The van der Waals surface area contributed by atoms with Crippen LogP contribution in [0.2, 0.25) is 5.15 Å². The SMILES string of the molecule is [2H]C([2H])([2H])C([2H])(C)C([2H])([2H])C([2H])([2H])C(=O)C[C@H]1c2ccccc2C(=O)N1c1ccc2ccc(Cl)nc2n1. The van der Waals surface area contributed by atoms with Gasteiger partial charge >= 0.3 is 0 Å². The smallest absolute Gasteiger partial charge is 0.260 e. The number of rotatable bonds is 6. The highest BCUT2D eigenvalue weighted by atomic mass is 35.5. The molecule has 0 saturated carbocycles. The molecule has 1 aliphatic rings. The Bertz CT molecular complexity index is 1410. The number of ketones is 1. The fraction of sp³-hybridized carbons (Fsp3) is 0.304. The predicted molar refractivity (Wildman–Crippen MR) is 114 cm³/mol. The number of hydrogen-bond donors (Lipinski definition) is 0. The minimum absolute atomic E-state index is 0.123. The van der Waals surface area contributed by atoms with Crippen LogP contribution >= 0.6 is 11.6 Å². The average molecular weight is 416 g/mol. The van der Waals surface area contributed by atoms with Crippen molar-refractivity contribution < 1.29 is 20.6 Å². The van der Waals surface area contributed by atoms with Crippen LogP contribution in [0.3, 0.4) is 0 Å². The highest BCUT2D eigenvalue weighted by Crippen LogP contribution is 2.39. The van der Waals surface area contributed by atoms with Crippen LogP contribution in [-0.2, 0) is 4.79 Å². The molecule has 0 saturated heterocycles. The van der Waals surface area contributed by atoms with Gasteiger partial charge < -0.3 is 0 Å². The lowest BCUT2D eigenvalue weighted by molar-refractivity contribution is -0.119. The first-order valence-corrected chi connectivity index (χ1v) is 9.27. The fourth-order valence-electron chi connectivity index (χ4n) is 3.35. The molecule has 29 heavy (non-hydrogen) atoms. The molecule has 0 radical (unpaired) electrons. The number of fused-ring (bicyclic) bond motifs is 2.